The number of amides is 2. The molecule has 0 atom stereocenters. The second-order valence-electron chi connectivity index (χ2n) is 5.16. The lowest BCUT2D eigenvalue weighted by atomic mass is 10.2. The highest BCUT2D eigenvalue weighted by Crippen LogP contribution is 2.03. The number of nitrogens with one attached hydrogen (secondary N) is 2. The van der Waals surface area contributed by atoms with Gasteiger partial charge in [-0.05, 0) is 12.1 Å². The highest BCUT2D eigenvalue weighted by molar-refractivity contribution is 5.84. The summed E-state index contributed by atoms with van der Waals surface area (Å²) in [5, 5.41) is 5.41. The minimum atomic E-state index is -0.167. The molecule has 122 valence electrons. The molecule has 1 fully saturated rings. The molecular formula is C15H23N3O4. The molecule has 22 heavy (non-hydrogen) atoms. The topological polar surface area (TPSA) is 83.8 Å². The standard InChI is InChI=1S/C15H23N3O4/c19-14(4-3-13-2-1-9-22-13)17-12-15(20)16-5-6-18-7-10-21-11-8-18/h1-2,9H,3-8,10-12H2,(H,16,20)(H,17,19). The van der Waals surface area contributed by atoms with Gasteiger partial charge in [-0.2, -0.15) is 0 Å². The van der Waals surface area contributed by atoms with Crippen molar-refractivity contribution in [2.45, 2.75) is 12.8 Å². The quantitative estimate of drug-likeness (QED) is 0.693. The molecule has 1 aliphatic rings. The molecule has 2 rings (SSSR count). The first-order valence-corrected chi connectivity index (χ1v) is 7.60. The van der Waals surface area contributed by atoms with Crippen LogP contribution in [0, 0.1) is 0 Å². The van der Waals surface area contributed by atoms with Crippen LogP contribution in [0.4, 0.5) is 0 Å². The first kappa shape index (κ1) is 16.5. The van der Waals surface area contributed by atoms with E-state index in [-0.39, 0.29) is 18.4 Å². The van der Waals surface area contributed by atoms with E-state index in [4.69, 9.17) is 9.15 Å². The largest absolute Gasteiger partial charge is 0.469 e. The van der Waals surface area contributed by atoms with Gasteiger partial charge < -0.3 is 19.8 Å². The lowest BCUT2D eigenvalue weighted by Gasteiger charge is -2.26. The normalized spacial score (nSPS) is 15.5. The van der Waals surface area contributed by atoms with Crippen molar-refractivity contribution < 1.29 is 18.7 Å². The smallest absolute Gasteiger partial charge is 0.239 e. The molecule has 2 amide bonds. The number of furan rings is 1. The van der Waals surface area contributed by atoms with Gasteiger partial charge in [-0.1, -0.05) is 0 Å². The molecule has 0 unspecified atom stereocenters. The van der Waals surface area contributed by atoms with Crippen LogP contribution in [0.2, 0.25) is 0 Å². The van der Waals surface area contributed by atoms with E-state index in [1.54, 1.807) is 12.3 Å². The molecule has 0 saturated carbocycles. The lowest BCUT2D eigenvalue weighted by Crippen LogP contribution is -2.43. The van der Waals surface area contributed by atoms with Gasteiger partial charge >= 0.3 is 0 Å². The molecule has 0 bridgehead atoms. The van der Waals surface area contributed by atoms with Gasteiger partial charge in [0.15, 0.2) is 0 Å². The summed E-state index contributed by atoms with van der Waals surface area (Å²) in [6, 6.07) is 3.61. The number of hydrogen-bond acceptors (Lipinski definition) is 5. The predicted molar refractivity (Wildman–Crippen MR) is 80.3 cm³/mol. The number of hydrogen-bond donors (Lipinski definition) is 2. The van der Waals surface area contributed by atoms with Crippen molar-refractivity contribution in [3.8, 4) is 0 Å². The molecule has 2 heterocycles. The maximum absolute atomic E-state index is 11.6. The minimum absolute atomic E-state index is 0.0140. The van der Waals surface area contributed by atoms with Crippen LogP contribution in [0.15, 0.2) is 22.8 Å². The van der Waals surface area contributed by atoms with E-state index >= 15 is 0 Å². The Morgan fingerprint density at radius 2 is 2.00 bits per heavy atom. The summed E-state index contributed by atoms with van der Waals surface area (Å²) in [5.41, 5.74) is 0. The molecule has 1 aromatic heterocycles. The highest BCUT2D eigenvalue weighted by Gasteiger charge is 2.10. The molecular weight excluding hydrogens is 286 g/mol. The Balaban J connectivity index is 1.50. The molecule has 7 heteroatoms. The molecule has 1 saturated heterocycles. The van der Waals surface area contributed by atoms with Crippen LogP contribution in [0.5, 0.6) is 0 Å². The zero-order valence-electron chi connectivity index (χ0n) is 12.7. The molecule has 0 aromatic carbocycles. The molecule has 0 spiro atoms. The second-order valence-corrected chi connectivity index (χ2v) is 5.16. The Kier molecular flexibility index (Phi) is 6.92. The third-order valence-corrected chi connectivity index (χ3v) is 3.48. The van der Waals surface area contributed by atoms with Crippen molar-refractivity contribution in [3.05, 3.63) is 24.2 Å². The summed E-state index contributed by atoms with van der Waals surface area (Å²) in [7, 11) is 0. The molecule has 7 nitrogen and oxygen atoms in total. The first-order chi connectivity index (χ1) is 10.7. The van der Waals surface area contributed by atoms with Gasteiger partial charge in [-0.25, -0.2) is 0 Å². The van der Waals surface area contributed by atoms with Crippen molar-refractivity contribution in [3.63, 3.8) is 0 Å². The Morgan fingerprint density at radius 1 is 1.18 bits per heavy atom. The zero-order chi connectivity index (χ0) is 15.6. The summed E-state index contributed by atoms with van der Waals surface area (Å²) in [4.78, 5) is 25.5. The lowest BCUT2D eigenvalue weighted by molar-refractivity contribution is -0.126. The Hall–Kier alpha value is -1.86. The highest BCUT2D eigenvalue weighted by atomic mass is 16.5. The van der Waals surface area contributed by atoms with Crippen LogP contribution >= 0.6 is 0 Å². The van der Waals surface area contributed by atoms with Crippen molar-refractivity contribution in [1.82, 2.24) is 15.5 Å². The van der Waals surface area contributed by atoms with Gasteiger partial charge in [0.1, 0.15) is 5.76 Å². The van der Waals surface area contributed by atoms with Gasteiger partial charge in [0.2, 0.25) is 11.8 Å². The van der Waals surface area contributed by atoms with E-state index in [1.165, 1.54) is 0 Å². The number of ether oxygens (including phenoxy) is 1. The van der Waals surface area contributed by atoms with Crippen molar-refractivity contribution >= 4 is 11.8 Å². The van der Waals surface area contributed by atoms with E-state index in [0.29, 0.717) is 19.4 Å². The van der Waals surface area contributed by atoms with Crippen LogP contribution < -0.4 is 10.6 Å². The summed E-state index contributed by atoms with van der Waals surface area (Å²) in [6.45, 7) is 4.71. The maximum Gasteiger partial charge on any atom is 0.239 e. The second kappa shape index (κ2) is 9.22. The number of morpholine rings is 1. The average molecular weight is 309 g/mol. The molecule has 1 aliphatic heterocycles. The molecule has 1 aromatic rings. The van der Waals surface area contributed by atoms with Crippen molar-refractivity contribution in [1.29, 1.82) is 0 Å². The fourth-order valence-corrected chi connectivity index (χ4v) is 2.20. The van der Waals surface area contributed by atoms with Crippen molar-refractivity contribution in [2.75, 3.05) is 45.9 Å². The number of carbonyl (C=O) groups excluding carboxylic acids is 2. The number of carbonyl (C=O) groups is 2. The predicted octanol–water partition coefficient (Wildman–Crippen LogP) is -0.223. The monoisotopic (exact) mass is 309 g/mol. The number of nitrogens with zero attached hydrogens (tertiary/aromatic N) is 1. The van der Waals surface area contributed by atoms with Gasteiger partial charge in [0.05, 0.1) is 26.0 Å². The first-order valence-electron chi connectivity index (χ1n) is 7.60. The summed E-state index contributed by atoms with van der Waals surface area (Å²) >= 11 is 0. The Morgan fingerprint density at radius 3 is 2.73 bits per heavy atom. The van der Waals surface area contributed by atoms with E-state index in [1.807, 2.05) is 6.07 Å². The van der Waals surface area contributed by atoms with Crippen LogP contribution in [0.25, 0.3) is 0 Å². The maximum atomic E-state index is 11.6. The van der Waals surface area contributed by atoms with Crippen LogP contribution in [0.1, 0.15) is 12.2 Å². The van der Waals surface area contributed by atoms with Crippen LogP contribution in [0.3, 0.4) is 0 Å². The van der Waals surface area contributed by atoms with Crippen molar-refractivity contribution in [2.24, 2.45) is 0 Å². The van der Waals surface area contributed by atoms with E-state index < -0.39 is 0 Å². The SMILES string of the molecule is O=C(CCc1ccco1)NCC(=O)NCCN1CCOCC1. The molecule has 2 N–H and O–H groups in total. The zero-order valence-corrected chi connectivity index (χ0v) is 12.7. The van der Waals surface area contributed by atoms with Crippen LogP contribution in [-0.2, 0) is 20.7 Å². The van der Waals surface area contributed by atoms with Crippen LogP contribution in [-0.4, -0.2) is 62.7 Å². The fraction of sp³-hybridized carbons (Fsp3) is 0.600. The Labute approximate surface area is 130 Å². The number of rotatable bonds is 8. The van der Waals surface area contributed by atoms with Gasteiger partial charge in [0.25, 0.3) is 0 Å². The minimum Gasteiger partial charge on any atom is -0.469 e. The van der Waals surface area contributed by atoms with E-state index in [0.717, 1.165) is 38.6 Å². The number of aryl methyl sites for hydroxylation is 1. The summed E-state index contributed by atoms with van der Waals surface area (Å²) < 4.78 is 10.4. The Bertz CT molecular complexity index is 455. The molecule has 0 aliphatic carbocycles. The van der Waals surface area contributed by atoms with Gasteiger partial charge in [-0.15, -0.1) is 0 Å². The average Bonchev–Trinajstić information content (AvgIpc) is 3.05. The summed E-state index contributed by atoms with van der Waals surface area (Å²) in [5.74, 6) is 0.449. The summed E-state index contributed by atoms with van der Waals surface area (Å²) in [6.07, 6.45) is 2.43. The van der Waals surface area contributed by atoms with Gasteiger partial charge in [0, 0.05) is 39.0 Å². The van der Waals surface area contributed by atoms with Gasteiger partial charge in [-0.3, -0.25) is 14.5 Å². The van der Waals surface area contributed by atoms with E-state index in [9.17, 15) is 9.59 Å². The third kappa shape index (κ3) is 6.28. The fourth-order valence-electron chi connectivity index (χ4n) is 2.20. The molecule has 0 radical (unpaired) electrons. The third-order valence-electron chi connectivity index (χ3n) is 3.48. The van der Waals surface area contributed by atoms with E-state index in [2.05, 4.69) is 15.5 Å².